The number of hydrogen-bond acceptors (Lipinski definition) is 7. The topological polar surface area (TPSA) is 92.1 Å². The number of methoxy groups -OCH3 is 3. The van der Waals surface area contributed by atoms with Crippen molar-refractivity contribution in [1.29, 1.82) is 5.26 Å². The SMILES string of the molecule is COc1cccc(CN(C2CCN(C#N)C2)S(=O)(=O)c2cc(OC)ccc2OC)c1. The van der Waals surface area contributed by atoms with Crippen LogP contribution < -0.4 is 14.2 Å². The maximum Gasteiger partial charge on any atom is 0.247 e. The molecule has 1 saturated heterocycles. The molecule has 1 atom stereocenters. The fourth-order valence-electron chi connectivity index (χ4n) is 3.54. The van der Waals surface area contributed by atoms with Crippen LogP contribution in [0.15, 0.2) is 47.4 Å². The van der Waals surface area contributed by atoms with E-state index in [-0.39, 0.29) is 23.2 Å². The van der Waals surface area contributed by atoms with Crippen LogP contribution in [0.2, 0.25) is 0 Å². The molecule has 0 aromatic heterocycles. The first kappa shape index (κ1) is 21.7. The second-order valence-corrected chi connectivity index (χ2v) is 8.77. The van der Waals surface area contributed by atoms with Gasteiger partial charge in [-0.2, -0.15) is 9.57 Å². The predicted octanol–water partition coefficient (Wildman–Crippen LogP) is 2.46. The van der Waals surface area contributed by atoms with Gasteiger partial charge in [-0.1, -0.05) is 12.1 Å². The molecule has 30 heavy (non-hydrogen) atoms. The zero-order chi connectivity index (χ0) is 21.7. The third-order valence-corrected chi connectivity index (χ3v) is 7.06. The zero-order valence-electron chi connectivity index (χ0n) is 17.2. The van der Waals surface area contributed by atoms with Gasteiger partial charge >= 0.3 is 0 Å². The summed E-state index contributed by atoms with van der Waals surface area (Å²) in [5.41, 5.74) is 0.787. The Kier molecular flexibility index (Phi) is 6.70. The summed E-state index contributed by atoms with van der Waals surface area (Å²) in [6.45, 7) is 0.996. The second kappa shape index (κ2) is 9.24. The van der Waals surface area contributed by atoms with Gasteiger partial charge in [0.25, 0.3) is 0 Å². The van der Waals surface area contributed by atoms with Gasteiger partial charge in [-0.3, -0.25) is 0 Å². The molecule has 0 saturated carbocycles. The summed E-state index contributed by atoms with van der Waals surface area (Å²) < 4.78 is 44.8. The van der Waals surface area contributed by atoms with Crippen LogP contribution in [0.3, 0.4) is 0 Å². The van der Waals surface area contributed by atoms with Crippen molar-refractivity contribution in [3.05, 3.63) is 48.0 Å². The van der Waals surface area contributed by atoms with E-state index in [0.717, 1.165) is 5.56 Å². The molecular weight excluding hydrogens is 406 g/mol. The molecular formula is C21H25N3O5S. The van der Waals surface area contributed by atoms with E-state index in [0.29, 0.717) is 31.0 Å². The molecule has 0 spiro atoms. The average molecular weight is 432 g/mol. The smallest absolute Gasteiger partial charge is 0.247 e. The number of sulfonamides is 1. The molecule has 3 rings (SSSR count). The quantitative estimate of drug-likeness (QED) is 0.593. The van der Waals surface area contributed by atoms with E-state index in [2.05, 4.69) is 6.19 Å². The predicted molar refractivity (Wildman–Crippen MR) is 111 cm³/mol. The van der Waals surface area contributed by atoms with Crippen molar-refractivity contribution in [3.63, 3.8) is 0 Å². The number of hydrogen-bond donors (Lipinski definition) is 0. The van der Waals surface area contributed by atoms with E-state index < -0.39 is 10.0 Å². The van der Waals surface area contributed by atoms with Crippen molar-refractivity contribution < 1.29 is 22.6 Å². The summed E-state index contributed by atoms with van der Waals surface area (Å²) in [5.74, 6) is 1.30. The van der Waals surface area contributed by atoms with Crippen molar-refractivity contribution in [2.75, 3.05) is 34.4 Å². The molecule has 1 unspecified atom stereocenters. The molecule has 0 bridgehead atoms. The van der Waals surface area contributed by atoms with Gasteiger partial charge < -0.3 is 19.1 Å². The third kappa shape index (κ3) is 4.45. The van der Waals surface area contributed by atoms with Gasteiger partial charge in [0.1, 0.15) is 22.1 Å². The summed E-state index contributed by atoms with van der Waals surface area (Å²) in [4.78, 5) is 1.60. The van der Waals surface area contributed by atoms with Crippen LogP contribution in [0.4, 0.5) is 0 Å². The molecule has 1 aliphatic rings. The highest BCUT2D eigenvalue weighted by atomic mass is 32.2. The van der Waals surface area contributed by atoms with Gasteiger partial charge in [0.15, 0.2) is 6.19 Å². The van der Waals surface area contributed by atoms with Gasteiger partial charge in [-0.25, -0.2) is 8.42 Å². The molecule has 2 aromatic rings. The molecule has 1 aliphatic heterocycles. The molecule has 9 heteroatoms. The fraction of sp³-hybridized carbons (Fsp3) is 0.381. The highest BCUT2D eigenvalue weighted by Gasteiger charge is 2.37. The normalized spacial score (nSPS) is 16.4. The lowest BCUT2D eigenvalue weighted by Gasteiger charge is -2.28. The second-order valence-electron chi connectivity index (χ2n) is 6.91. The van der Waals surface area contributed by atoms with Crippen molar-refractivity contribution in [2.24, 2.45) is 0 Å². The largest absolute Gasteiger partial charge is 0.497 e. The maximum absolute atomic E-state index is 13.8. The molecule has 0 amide bonds. The van der Waals surface area contributed by atoms with Crippen molar-refractivity contribution in [3.8, 4) is 23.4 Å². The number of likely N-dealkylation sites (tertiary alicyclic amines) is 1. The van der Waals surface area contributed by atoms with Crippen molar-refractivity contribution in [1.82, 2.24) is 9.21 Å². The summed E-state index contributed by atoms with van der Waals surface area (Å²) in [5, 5.41) is 9.25. The van der Waals surface area contributed by atoms with Crippen molar-refractivity contribution in [2.45, 2.75) is 23.9 Å². The van der Waals surface area contributed by atoms with E-state index in [4.69, 9.17) is 14.2 Å². The fourth-order valence-corrected chi connectivity index (χ4v) is 5.35. The first-order chi connectivity index (χ1) is 14.4. The Labute approximate surface area is 177 Å². The molecule has 1 fully saturated rings. The molecule has 8 nitrogen and oxygen atoms in total. The van der Waals surface area contributed by atoms with Crippen LogP contribution in [-0.2, 0) is 16.6 Å². The molecule has 0 aliphatic carbocycles. The Morgan fingerprint density at radius 2 is 1.83 bits per heavy atom. The molecule has 160 valence electrons. The minimum atomic E-state index is -3.96. The van der Waals surface area contributed by atoms with Crippen LogP contribution in [0.5, 0.6) is 17.2 Å². The Hall–Kier alpha value is -2.96. The Morgan fingerprint density at radius 1 is 1.10 bits per heavy atom. The van der Waals surface area contributed by atoms with Crippen molar-refractivity contribution >= 4 is 10.0 Å². The monoisotopic (exact) mass is 431 g/mol. The van der Waals surface area contributed by atoms with Crippen LogP contribution in [0.1, 0.15) is 12.0 Å². The van der Waals surface area contributed by atoms with Gasteiger partial charge in [-0.05, 0) is 36.2 Å². The van der Waals surface area contributed by atoms with Gasteiger partial charge in [-0.15, -0.1) is 0 Å². The standard InChI is InChI=1S/C21H25N3O5S/c1-27-18-6-4-5-16(11-18)13-24(17-9-10-23(14-17)15-22)30(25,26)21-12-19(28-2)7-8-20(21)29-3/h4-8,11-12,17H,9-10,13-14H2,1-3H3. The number of rotatable bonds is 8. The number of nitrogens with zero attached hydrogens (tertiary/aromatic N) is 3. The van der Waals surface area contributed by atoms with E-state index in [1.165, 1.54) is 24.6 Å². The summed E-state index contributed by atoms with van der Waals surface area (Å²) >= 11 is 0. The van der Waals surface area contributed by atoms with E-state index in [9.17, 15) is 13.7 Å². The van der Waals surface area contributed by atoms with Crippen LogP contribution in [0.25, 0.3) is 0 Å². The highest BCUT2D eigenvalue weighted by molar-refractivity contribution is 7.89. The molecule has 0 radical (unpaired) electrons. The Bertz CT molecular complexity index is 1040. The van der Waals surface area contributed by atoms with Crippen LogP contribution in [0, 0.1) is 11.5 Å². The lowest BCUT2D eigenvalue weighted by atomic mass is 10.2. The zero-order valence-corrected chi connectivity index (χ0v) is 18.1. The summed E-state index contributed by atoms with van der Waals surface area (Å²) in [6.07, 6.45) is 2.67. The number of ether oxygens (including phenoxy) is 3. The number of benzene rings is 2. The minimum absolute atomic E-state index is 0.0302. The third-order valence-electron chi connectivity index (χ3n) is 5.14. The van der Waals surface area contributed by atoms with Gasteiger partial charge in [0, 0.05) is 31.7 Å². The van der Waals surface area contributed by atoms with Gasteiger partial charge in [0.05, 0.1) is 21.3 Å². The van der Waals surface area contributed by atoms with E-state index in [1.807, 2.05) is 18.2 Å². The minimum Gasteiger partial charge on any atom is -0.497 e. The first-order valence-electron chi connectivity index (χ1n) is 9.44. The van der Waals surface area contributed by atoms with Crippen LogP contribution in [-0.4, -0.2) is 58.1 Å². The maximum atomic E-state index is 13.8. The lowest BCUT2D eigenvalue weighted by molar-refractivity contribution is 0.311. The number of nitriles is 1. The van der Waals surface area contributed by atoms with Gasteiger partial charge in [0.2, 0.25) is 10.0 Å². The average Bonchev–Trinajstić information content (AvgIpc) is 3.25. The Balaban J connectivity index is 2.06. The van der Waals surface area contributed by atoms with E-state index >= 15 is 0 Å². The molecule has 1 heterocycles. The molecule has 0 N–H and O–H groups in total. The lowest BCUT2D eigenvalue weighted by Crippen LogP contribution is -2.41. The summed E-state index contributed by atoms with van der Waals surface area (Å²) in [7, 11) is 0.519. The van der Waals surface area contributed by atoms with E-state index in [1.54, 1.807) is 30.2 Å². The van der Waals surface area contributed by atoms with Crippen LogP contribution >= 0.6 is 0 Å². The summed E-state index contributed by atoms with van der Waals surface area (Å²) in [6, 6.07) is 11.6. The Morgan fingerprint density at radius 3 is 2.47 bits per heavy atom. The molecule has 2 aromatic carbocycles. The first-order valence-corrected chi connectivity index (χ1v) is 10.9. The highest BCUT2D eigenvalue weighted by Crippen LogP contribution is 2.34.